The Hall–Kier alpha value is -3.13. The lowest BCUT2D eigenvalue weighted by molar-refractivity contribution is 0.103. The number of nitriles is 1. The van der Waals surface area contributed by atoms with E-state index in [0.29, 0.717) is 32.4 Å². The minimum atomic E-state index is -0.411. The van der Waals surface area contributed by atoms with Crippen molar-refractivity contribution in [2.24, 2.45) is 7.05 Å². The van der Waals surface area contributed by atoms with Crippen LogP contribution in [0.5, 0.6) is 0 Å². The van der Waals surface area contributed by atoms with Crippen LogP contribution in [0.4, 0.5) is 0 Å². The van der Waals surface area contributed by atoms with Crippen molar-refractivity contribution in [3.05, 3.63) is 98.8 Å². The molecule has 4 nitrogen and oxygen atoms in total. The van der Waals surface area contributed by atoms with Gasteiger partial charge in [-0.25, -0.2) is 0 Å². The molecular formula is C22H14Cl2N2O2. The Morgan fingerprint density at radius 1 is 0.929 bits per heavy atom. The monoisotopic (exact) mass is 408 g/mol. The van der Waals surface area contributed by atoms with E-state index in [1.165, 1.54) is 6.08 Å². The molecule has 1 aromatic heterocycles. The van der Waals surface area contributed by atoms with Crippen molar-refractivity contribution in [1.82, 2.24) is 4.57 Å². The van der Waals surface area contributed by atoms with E-state index in [9.17, 15) is 14.9 Å². The zero-order valence-electron chi connectivity index (χ0n) is 14.8. The second kappa shape index (κ2) is 8.26. The molecule has 1 heterocycles. The third-order valence-electron chi connectivity index (χ3n) is 4.18. The topological polar surface area (TPSA) is 62.9 Å². The van der Waals surface area contributed by atoms with Gasteiger partial charge in [-0.3, -0.25) is 9.59 Å². The predicted molar refractivity (Wildman–Crippen MR) is 110 cm³/mol. The van der Waals surface area contributed by atoms with Crippen LogP contribution in [-0.4, -0.2) is 16.1 Å². The van der Waals surface area contributed by atoms with Crippen LogP contribution in [0.1, 0.15) is 32.0 Å². The highest BCUT2D eigenvalue weighted by atomic mass is 35.5. The maximum absolute atomic E-state index is 12.6. The van der Waals surface area contributed by atoms with E-state index in [-0.39, 0.29) is 11.4 Å². The number of aromatic nitrogens is 1. The predicted octanol–water partition coefficient (Wildman–Crippen LogP) is 5.35. The first-order valence-corrected chi connectivity index (χ1v) is 9.03. The Bertz CT molecular complexity index is 1120. The molecule has 2 aromatic carbocycles. The quantitative estimate of drug-likeness (QED) is 0.324. The SMILES string of the molecule is Cn1cc(C(=O)c2ccc(Cl)cc2)cc1/C=C(\C#N)C(=O)c1ccc(Cl)cc1. The standard InChI is InChI=1S/C22H14Cl2N2O2/c1-26-13-17(22(28)15-4-8-19(24)9-5-15)11-20(26)10-16(12-25)21(27)14-2-6-18(23)7-3-14/h2-11,13H,1H3/b16-10+. The van der Waals surface area contributed by atoms with Crippen molar-refractivity contribution in [2.45, 2.75) is 0 Å². The second-order valence-corrected chi connectivity index (χ2v) is 6.98. The summed E-state index contributed by atoms with van der Waals surface area (Å²) >= 11 is 11.7. The van der Waals surface area contributed by atoms with Gasteiger partial charge in [-0.05, 0) is 60.7 Å². The number of nitrogens with zero attached hydrogens (tertiary/aromatic N) is 2. The molecule has 0 spiro atoms. The van der Waals surface area contributed by atoms with E-state index in [1.54, 1.807) is 72.4 Å². The first-order chi connectivity index (χ1) is 13.4. The Labute approximate surface area is 172 Å². The van der Waals surface area contributed by atoms with Crippen LogP contribution >= 0.6 is 23.2 Å². The Morgan fingerprint density at radius 2 is 1.46 bits per heavy atom. The largest absolute Gasteiger partial charge is 0.350 e. The maximum atomic E-state index is 12.6. The molecule has 6 heteroatoms. The number of Topliss-reactive ketones (excluding diaryl/α,β-unsaturated/α-hetero) is 1. The third kappa shape index (κ3) is 4.23. The number of carbonyl (C=O) groups excluding carboxylic acids is 2. The fourth-order valence-corrected chi connectivity index (χ4v) is 2.92. The lowest BCUT2D eigenvalue weighted by Gasteiger charge is -2.01. The average molecular weight is 409 g/mol. The van der Waals surface area contributed by atoms with Crippen molar-refractivity contribution >= 4 is 40.8 Å². The fraction of sp³-hybridized carbons (Fsp3) is 0.0455. The van der Waals surface area contributed by atoms with Crippen LogP contribution in [0.15, 0.2) is 66.4 Å². The highest BCUT2D eigenvalue weighted by molar-refractivity contribution is 6.31. The van der Waals surface area contributed by atoms with Gasteiger partial charge in [0.15, 0.2) is 5.78 Å². The van der Waals surface area contributed by atoms with Gasteiger partial charge in [0.2, 0.25) is 5.78 Å². The van der Waals surface area contributed by atoms with Gasteiger partial charge in [0.1, 0.15) is 11.6 Å². The third-order valence-corrected chi connectivity index (χ3v) is 4.68. The zero-order chi connectivity index (χ0) is 20.3. The lowest BCUT2D eigenvalue weighted by Crippen LogP contribution is -2.02. The van der Waals surface area contributed by atoms with Crippen molar-refractivity contribution in [3.63, 3.8) is 0 Å². The van der Waals surface area contributed by atoms with Crippen LogP contribution in [0, 0.1) is 11.3 Å². The first kappa shape index (κ1) is 19.6. The van der Waals surface area contributed by atoms with Crippen LogP contribution in [0.25, 0.3) is 6.08 Å². The van der Waals surface area contributed by atoms with Gasteiger partial charge < -0.3 is 4.57 Å². The normalized spacial score (nSPS) is 11.1. The molecule has 0 radical (unpaired) electrons. The summed E-state index contributed by atoms with van der Waals surface area (Å²) in [5.74, 6) is -0.583. The molecule has 0 amide bonds. The number of carbonyl (C=O) groups is 2. The number of rotatable bonds is 5. The number of ketones is 2. The van der Waals surface area contributed by atoms with Crippen LogP contribution in [0.3, 0.4) is 0 Å². The van der Waals surface area contributed by atoms with Crippen molar-refractivity contribution in [3.8, 4) is 6.07 Å². The highest BCUT2D eigenvalue weighted by Gasteiger charge is 2.16. The summed E-state index contributed by atoms with van der Waals surface area (Å²) in [6.07, 6.45) is 3.13. The van der Waals surface area contributed by atoms with Crippen LogP contribution < -0.4 is 0 Å². The summed E-state index contributed by atoms with van der Waals surface area (Å²) < 4.78 is 1.69. The number of allylic oxidation sites excluding steroid dienone is 1. The lowest BCUT2D eigenvalue weighted by atomic mass is 10.0. The summed E-state index contributed by atoms with van der Waals surface area (Å²) in [5, 5.41) is 10.5. The Morgan fingerprint density at radius 3 is 2.00 bits per heavy atom. The molecule has 0 N–H and O–H groups in total. The van der Waals surface area contributed by atoms with Gasteiger partial charge in [0, 0.05) is 45.7 Å². The summed E-state index contributed by atoms with van der Waals surface area (Å²) in [6.45, 7) is 0. The maximum Gasteiger partial charge on any atom is 0.203 e. The number of halogens is 2. The zero-order valence-corrected chi connectivity index (χ0v) is 16.3. The molecule has 0 saturated carbocycles. The summed E-state index contributed by atoms with van der Waals surface area (Å²) in [4.78, 5) is 25.2. The molecule has 0 aliphatic rings. The molecule has 0 atom stereocenters. The minimum Gasteiger partial charge on any atom is -0.350 e. The van der Waals surface area contributed by atoms with Crippen LogP contribution in [0.2, 0.25) is 10.0 Å². The molecular weight excluding hydrogens is 395 g/mol. The fourth-order valence-electron chi connectivity index (χ4n) is 2.67. The minimum absolute atomic E-state index is 0.0333. The second-order valence-electron chi connectivity index (χ2n) is 6.11. The molecule has 138 valence electrons. The van der Waals surface area contributed by atoms with Gasteiger partial charge in [0.05, 0.1) is 0 Å². The van der Waals surface area contributed by atoms with Crippen LogP contribution in [-0.2, 0) is 7.05 Å². The number of benzene rings is 2. The molecule has 28 heavy (non-hydrogen) atoms. The van der Waals surface area contributed by atoms with E-state index >= 15 is 0 Å². The van der Waals surface area contributed by atoms with Crippen molar-refractivity contribution in [2.75, 3.05) is 0 Å². The van der Waals surface area contributed by atoms with Gasteiger partial charge >= 0.3 is 0 Å². The molecule has 0 unspecified atom stereocenters. The van der Waals surface area contributed by atoms with Gasteiger partial charge in [0.25, 0.3) is 0 Å². The number of aryl methyl sites for hydroxylation is 1. The molecule has 3 aromatic rings. The van der Waals surface area contributed by atoms with E-state index in [2.05, 4.69) is 0 Å². The van der Waals surface area contributed by atoms with Crippen molar-refractivity contribution < 1.29 is 9.59 Å². The highest BCUT2D eigenvalue weighted by Crippen LogP contribution is 2.19. The smallest absolute Gasteiger partial charge is 0.203 e. The summed E-state index contributed by atoms with van der Waals surface area (Å²) in [6, 6.07) is 16.5. The average Bonchev–Trinajstić information content (AvgIpc) is 3.06. The molecule has 0 saturated heterocycles. The van der Waals surface area contributed by atoms with Gasteiger partial charge in [-0.15, -0.1) is 0 Å². The number of hydrogen-bond acceptors (Lipinski definition) is 3. The first-order valence-electron chi connectivity index (χ1n) is 8.27. The van der Waals surface area contributed by atoms with E-state index in [4.69, 9.17) is 23.2 Å². The molecule has 3 rings (SSSR count). The summed E-state index contributed by atoms with van der Waals surface area (Å²) in [5.41, 5.74) is 1.85. The van der Waals surface area contributed by atoms with Gasteiger partial charge in [-0.2, -0.15) is 5.26 Å². The van der Waals surface area contributed by atoms with E-state index < -0.39 is 5.78 Å². The Kier molecular flexibility index (Phi) is 5.79. The Balaban J connectivity index is 1.91. The van der Waals surface area contributed by atoms with Crippen molar-refractivity contribution in [1.29, 1.82) is 5.26 Å². The molecule has 0 bridgehead atoms. The molecule has 0 fully saturated rings. The summed E-state index contributed by atoms with van der Waals surface area (Å²) in [7, 11) is 1.74. The van der Waals surface area contributed by atoms with Gasteiger partial charge in [-0.1, -0.05) is 23.2 Å². The molecule has 0 aliphatic carbocycles. The van der Waals surface area contributed by atoms with E-state index in [0.717, 1.165) is 0 Å². The number of hydrogen-bond donors (Lipinski definition) is 0. The van der Waals surface area contributed by atoms with E-state index in [1.807, 2.05) is 6.07 Å². The molecule has 0 aliphatic heterocycles.